The first kappa shape index (κ1) is 17.3. The summed E-state index contributed by atoms with van der Waals surface area (Å²) in [4.78, 5) is 15.7. The van der Waals surface area contributed by atoms with Crippen molar-refractivity contribution in [1.82, 2.24) is 0 Å². The molecule has 0 saturated heterocycles. The molecule has 0 aliphatic rings. The van der Waals surface area contributed by atoms with Crippen LogP contribution in [0.3, 0.4) is 0 Å². The molecule has 6 heteroatoms. The monoisotopic (exact) mass is 202 g/mol. The fourth-order valence-electron chi connectivity index (χ4n) is 0. The molecule has 2 N–H and O–H groups in total. The molecule has 0 amide bonds. The summed E-state index contributed by atoms with van der Waals surface area (Å²) in [6.07, 6.45) is 0.741. The fourth-order valence-corrected chi connectivity index (χ4v) is 0. The number of hydrogen-bond acceptors (Lipinski definition) is 2. The molecule has 0 spiro atoms. The van der Waals surface area contributed by atoms with Gasteiger partial charge < -0.3 is 0 Å². The van der Waals surface area contributed by atoms with E-state index in [0.29, 0.717) is 12.3 Å². The SMILES string of the molecule is C.CC[P+](=O)O.CC[P+](=O)O. The van der Waals surface area contributed by atoms with Crippen molar-refractivity contribution < 1.29 is 18.9 Å². The van der Waals surface area contributed by atoms with Crippen molar-refractivity contribution >= 4 is 16.1 Å². The summed E-state index contributed by atoms with van der Waals surface area (Å²) in [5.74, 6) is 0. The molecule has 0 aromatic heterocycles. The molecule has 0 heterocycles. The van der Waals surface area contributed by atoms with E-state index in [2.05, 4.69) is 0 Å². The number of rotatable bonds is 2. The van der Waals surface area contributed by atoms with Crippen LogP contribution >= 0.6 is 16.1 Å². The summed E-state index contributed by atoms with van der Waals surface area (Å²) >= 11 is 0. The molecule has 0 aliphatic heterocycles. The highest BCUT2D eigenvalue weighted by atomic mass is 31.1. The van der Waals surface area contributed by atoms with Gasteiger partial charge >= 0.3 is 16.1 Å². The molecule has 4 nitrogen and oxygen atoms in total. The zero-order valence-electron chi connectivity index (χ0n) is 6.02. The Labute approximate surface area is 69.4 Å². The molecule has 2 unspecified atom stereocenters. The predicted octanol–water partition coefficient (Wildman–Crippen LogP) is 2.12. The van der Waals surface area contributed by atoms with Crippen molar-refractivity contribution in [3.63, 3.8) is 0 Å². The molecule has 0 saturated carbocycles. The third-order valence-corrected chi connectivity index (χ3v) is 1.62. The smallest absolute Gasteiger partial charge is 0.161 e. The maximum Gasteiger partial charge on any atom is 0.505 e. The quantitative estimate of drug-likeness (QED) is 0.672. The molecule has 0 aromatic rings. The number of hydrogen-bond donors (Lipinski definition) is 2. The average molecular weight is 202 g/mol. The van der Waals surface area contributed by atoms with Crippen LogP contribution in [0.4, 0.5) is 0 Å². The van der Waals surface area contributed by atoms with Crippen molar-refractivity contribution in [1.29, 1.82) is 0 Å². The molecular weight excluding hydrogens is 186 g/mol. The van der Waals surface area contributed by atoms with Crippen molar-refractivity contribution in [2.45, 2.75) is 21.3 Å². The highest BCUT2D eigenvalue weighted by Gasteiger charge is 1.99. The van der Waals surface area contributed by atoms with Crippen LogP contribution in [-0.2, 0) is 9.13 Å². The third kappa shape index (κ3) is 39.3. The van der Waals surface area contributed by atoms with Gasteiger partial charge in [0.1, 0.15) is 0 Å². The van der Waals surface area contributed by atoms with E-state index >= 15 is 0 Å². The minimum atomic E-state index is -1.85. The van der Waals surface area contributed by atoms with Gasteiger partial charge in [-0.25, -0.2) is 0 Å². The van der Waals surface area contributed by atoms with Gasteiger partial charge in [-0.05, 0) is 23.0 Å². The highest BCUT2D eigenvalue weighted by molar-refractivity contribution is 7.38. The van der Waals surface area contributed by atoms with Crippen LogP contribution in [0.2, 0.25) is 0 Å². The Morgan fingerprint density at radius 3 is 1.09 bits per heavy atom. The maximum atomic E-state index is 9.52. The van der Waals surface area contributed by atoms with Gasteiger partial charge in [0.15, 0.2) is 12.3 Å². The highest BCUT2D eigenvalue weighted by Crippen LogP contribution is 2.08. The van der Waals surface area contributed by atoms with Crippen LogP contribution in [-0.4, -0.2) is 22.1 Å². The fraction of sp³-hybridized carbons (Fsp3) is 1.00. The standard InChI is InChI=1S/2C2H5O2P.CH4/c2*1-2-5(3)4;/h2*2H2,1H3;1H4/p+2. The summed E-state index contributed by atoms with van der Waals surface area (Å²) < 4.78 is 19.0. The zero-order valence-corrected chi connectivity index (χ0v) is 7.81. The molecule has 68 valence electrons. The first-order chi connectivity index (χ1) is 4.54. The Bertz CT molecular complexity index is 101. The van der Waals surface area contributed by atoms with Crippen LogP contribution < -0.4 is 0 Å². The zero-order chi connectivity index (χ0) is 8.57. The van der Waals surface area contributed by atoms with E-state index in [1.54, 1.807) is 13.8 Å². The van der Waals surface area contributed by atoms with Crippen molar-refractivity contribution in [3.05, 3.63) is 0 Å². The van der Waals surface area contributed by atoms with E-state index in [-0.39, 0.29) is 7.43 Å². The molecular formula is C5H16O4P2+2. The summed E-state index contributed by atoms with van der Waals surface area (Å²) in [7, 11) is -3.70. The van der Waals surface area contributed by atoms with Gasteiger partial charge in [0, 0.05) is 0 Å². The lowest BCUT2D eigenvalue weighted by Gasteiger charge is -1.53. The molecule has 0 aliphatic carbocycles. The second kappa shape index (κ2) is 12.8. The lowest BCUT2D eigenvalue weighted by atomic mass is 11.0. The Balaban J connectivity index is -0.000000107. The topological polar surface area (TPSA) is 74.6 Å². The molecule has 2 atom stereocenters. The van der Waals surface area contributed by atoms with E-state index in [9.17, 15) is 9.13 Å². The first-order valence-electron chi connectivity index (χ1n) is 2.81. The Morgan fingerprint density at radius 1 is 1.00 bits per heavy atom. The van der Waals surface area contributed by atoms with E-state index in [1.807, 2.05) is 0 Å². The second-order valence-electron chi connectivity index (χ2n) is 1.34. The van der Waals surface area contributed by atoms with E-state index < -0.39 is 16.1 Å². The van der Waals surface area contributed by atoms with E-state index in [1.165, 1.54) is 0 Å². The summed E-state index contributed by atoms with van der Waals surface area (Å²) in [6.45, 7) is 3.33. The summed E-state index contributed by atoms with van der Waals surface area (Å²) in [5.41, 5.74) is 0. The van der Waals surface area contributed by atoms with Crippen molar-refractivity contribution in [3.8, 4) is 0 Å². The molecule has 0 radical (unpaired) electrons. The third-order valence-electron chi connectivity index (χ3n) is 0.541. The Kier molecular flexibility index (Phi) is 20.0. The van der Waals surface area contributed by atoms with Crippen LogP contribution in [0.15, 0.2) is 0 Å². The van der Waals surface area contributed by atoms with Gasteiger partial charge in [0.25, 0.3) is 0 Å². The molecule has 11 heavy (non-hydrogen) atoms. The van der Waals surface area contributed by atoms with Gasteiger partial charge in [0.2, 0.25) is 0 Å². The van der Waals surface area contributed by atoms with Gasteiger partial charge in [-0.1, -0.05) is 7.43 Å². The minimum Gasteiger partial charge on any atom is -0.161 e. The summed E-state index contributed by atoms with van der Waals surface area (Å²) in [5, 5.41) is 0. The van der Waals surface area contributed by atoms with Crippen LogP contribution in [0.25, 0.3) is 0 Å². The van der Waals surface area contributed by atoms with Gasteiger partial charge in [-0.3, -0.25) is 0 Å². The van der Waals surface area contributed by atoms with Crippen LogP contribution in [0, 0.1) is 0 Å². The second-order valence-corrected chi connectivity index (χ2v) is 4.01. The van der Waals surface area contributed by atoms with Gasteiger partial charge in [0.05, 0.1) is 0 Å². The van der Waals surface area contributed by atoms with Crippen LogP contribution in [0.5, 0.6) is 0 Å². The average Bonchev–Trinajstić information content (AvgIpc) is 1.89. The first-order valence-corrected chi connectivity index (χ1v) is 5.61. The Hall–Kier alpha value is 0.120. The van der Waals surface area contributed by atoms with Crippen LogP contribution in [0.1, 0.15) is 21.3 Å². The lowest BCUT2D eigenvalue weighted by Crippen LogP contribution is -1.56. The maximum absolute atomic E-state index is 9.52. The van der Waals surface area contributed by atoms with Gasteiger partial charge in [-0.15, -0.1) is 0 Å². The summed E-state index contributed by atoms with van der Waals surface area (Å²) in [6, 6.07) is 0. The molecule has 0 rings (SSSR count). The molecule has 0 fully saturated rings. The molecule has 0 aromatic carbocycles. The molecule has 0 bridgehead atoms. The normalized spacial score (nSPS) is 10.2. The largest absolute Gasteiger partial charge is 0.505 e. The van der Waals surface area contributed by atoms with Gasteiger partial charge in [-0.2, -0.15) is 9.79 Å². The van der Waals surface area contributed by atoms with E-state index in [0.717, 1.165) is 0 Å². The minimum absolute atomic E-state index is 0. The Morgan fingerprint density at radius 2 is 1.09 bits per heavy atom. The predicted molar refractivity (Wildman–Crippen MR) is 47.5 cm³/mol. The van der Waals surface area contributed by atoms with Crippen molar-refractivity contribution in [2.75, 3.05) is 12.3 Å². The lowest BCUT2D eigenvalue weighted by molar-refractivity contribution is 0.503. The van der Waals surface area contributed by atoms with E-state index in [4.69, 9.17) is 9.79 Å². The van der Waals surface area contributed by atoms with Crippen molar-refractivity contribution in [2.24, 2.45) is 0 Å².